The van der Waals surface area contributed by atoms with Gasteiger partial charge in [0.1, 0.15) is 5.41 Å². The van der Waals surface area contributed by atoms with E-state index in [1.165, 1.54) is 0 Å². The summed E-state index contributed by atoms with van der Waals surface area (Å²) in [4.78, 5) is 10.3. The van der Waals surface area contributed by atoms with Crippen LogP contribution in [0, 0.1) is 0 Å². The minimum atomic E-state index is -0.948. The van der Waals surface area contributed by atoms with Gasteiger partial charge in [-0.1, -0.05) is 6.58 Å². The molecule has 0 heterocycles. The molecular weight excluding hydrogens is 106 g/mol. The molecule has 0 saturated heterocycles. The number of hydrogen-bond acceptors (Lipinski definition) is 2. The largest absolute Gasteiger partial charge is 0.350 e. The number of carbonyl (C=O) groups excluding carboxylic acids is 1. The minimum absolute atomic E-state index is 0.0694. The van der Waals surface area contributed by atoms with Crippen LogP contribution in [-0.2, 0) is 4.79 Å². The predicted molar refractivity (Wildman–Crippen MR) is 32.6 cm³/mol. The second-order valence-electron chi connectivity index (χ2n) is 1.41. The van der Waals surface area contributed by atoms with E-state index >= 15 is 0 Å². The lowest BCUT2D eigenvalue weighted by atomic mass is 10.4. The fourth-order valence-corrected chi connectivity index (χ4v) is 0.523. The van der Waals surface area contributed by atoms with Crippen molar-refractivity contribution >= 4 is 15.1 Å². The Bertz CT molecular complexity index is 99.9. The van der Waals surface area contributed by atoms with Crippen LogP contribution in [0.3, 0.4) is 0 Å². The first-order valence-corrected chi connectivity index (χ1v) is 3.59. The molecule has 0 rings (SSSR count). The molecule has 0 aromatic rings. The third kappa shape index (κ3) is 2.30. The van der Waals surface area contributed by atoms with Crippen molar-refractivity contribution in [2.45, 2.75) is 6.92 Å². The average Bonchev–Trinajstić information content (AvgIpc) is 1.65. The highest BCUT2D eigenvalue weighted by molar-refractivity contribution is 6.74. The molecule has 0 radical (unpaired) electrons. The summed E-state index contributed by atoms with van der Waals surface area (Å²) in [5.74, 6) is 0. The molecule has 7 heavy (non-hydrogen) atoms. The van der Waals surface area contributed by atoms with Crippen LogP contribution in [-0.4, -0.2) is 15.1 Å². The van der Waals surface area contributed by atoms with Gasteiger partial charge in [-0.15, -0.1) is 0 Å². The van der Waals surface area contributed by atoms with Crippen LogP contribution in [0.2, 0.25) is 0 Å². The van der Waals surface area contributed by atoms with Gasteiger partial charge < -0.3 is 5.40 Å². The molecule has 40 valence electrons. The molecule has 0 aliphatic carbocycles. The van der Waals surface area contributed by atoms with Gasteiger partial charge in [0.25, 0.3) is 0 Å². The summed E-state index contributed by atoms with van der Waals surface area (Å²) in [5, 5.41) is 5.17. The van der Waals surface area contributed by atoms with Crippen molar-refractivity contribution in [1.82, 2.24) is 0 Å². The van der Waals surface area contributed by atoms with E-state index in [4.69, 9.17) is 5.40 Å². The Morgan fingerprint density at radius 2 is 2.29 bits per heavy atom. The molecule has 0 amide bonds. The molecule has 0 unspecified atom stereocenters. The highest BCUT2D eigenvalue weighted by Crippen LogP contribution is 1.82. The second-order valence-corrected chi connectivity index (χ2v) is 2.46. The first-order chi connectivity index (χ1) is 3.18. The lowest BCUT2D eigenvalue weighted by molar-refractivity contribution is -0.108. The van der Waals surface area contributed by atoms with Gasteiger partial charge in [-0.2, -0.15) is 0 Å². The standard InChI is InChI=1S/C4H9NOSi/c1-3(2)4(6)7-5/h1,5,7H2,2H3. The summed E-state index contributed by atoms with van der Waals surface area (Å²) in [5.41, 5.74) is 0.592. The number of nitrogens with two attached hydrogens (primary N) is 1. The Morgan fingerprint density at radius 3 is 2.29 bits per heavy atom. The molecule has 0 atom stereocenters. The van der Waals surface area contributed by atoms with Gasteiger partial charge in [-0.05, 0) is 12.5 Å². The highest BCUT2D eigenvalue weighted by atomic mass is 28.2. The van der Waals surface area contributed by atoms with Crippen LogP contribution < -0.4 is 5.40 Å². The van der Waals surface area contributed by atoms with E-state index in [1.807, 2.05) is 0 Å². The van der Waals surface area contributed by atoms with Crippen molar-refractivity contribution in [3.63, 3.8) is 0 Å². The molecule has 0 aliphatic rings. The Labute approximate surface area is 45.3 Å². The van der Waals surface area contributed by atoms with Crippen molar-refractivity contribution in [3.8, 4) is 0 Å². The maximum atomic E-state index is 10.3. The predicted octanol–water partition coefficient (Wildman–Crippen LogP) is -0.868. The first kappa shape index (κ1) is 6.59. The Morgan fingerprint density at radius 1 is 1.86 bits per heavy atom. The number of rotatable bonds is 2. The van der Waals surface area contributed by atoms with Crippen molar-refractivity contribution in [1.29, 1.82) is 0 Å². The molecule has 0 bridgehead atoms. The van der Waals surface area contributed by atoms with E-state index in [2.05, 4.69) is 6.58 Å². The monoisotopic (exact) mass is 115 g/mol. The minimum Gasteiger partial charge on any atom is -0.350 e. The molecule has 2 N–H and O–H groups in total. The van der Waals surface area contributed by atoms with Gasteiger partial charge in [0.05, 0.1) is 0 Å². The van der Waals surface area contributed by atoms with Gasteiger partial charge in [-0.3, -0.25) is 4.79 Å². The van der Waals surface area contributed by atoms with Gasteiger partial charge >= 0.3 is 0 Å². The Hall–Kier alpha value is -0.413. The Kier molecular flexibility index (Phi) is 2.55. The summed E-state index contributed by atoms with van der Waals surface area (Å²) in [6, 6.07) is 0. The van der Waals surface area contributed by atoms with Crippen LogP contribution in [0.25, 0.3) is 0 Å². The average molecular weight is 115 g/mol. The van der Waals surface area contributed by atoms with Gasteiger partial charge in [-0.25, -0.2) is 0 Å². The second kappa shape index (κ2) is 2.71. The van der Waals surface area contributed by atoms with E-state index in [-0.39, 0.29) is 5.41 Å². The third-order valence-corrected chi connectivity index (χ3v) is 1.64. The molecule has 0 aliphatic heterocycles. The van der Waals surface area contributed by atoms with Crippen LogP contribution in [0.15, 0.2) is 12.2 Å². The van der Waals surface area contributed by atoms with Crippen molar-refractivity contribution in [2.24, 2.45) is 5.40 Å². The van der Waals surface area contributed by atoms with Crippen molar-refractivity contribution in [3.05, 3.63) is 12.2 Å². The molecule has 0 fully saturated rings. The third-order valence-electron chi connectivity index (χ3n) is 0.661. The highest BCUT2D eigenvalue weighted by Gasteiger charge is 1.95. The fourth-order valence-electron chi connectivity index (χ4n) is 0.174. The quantitative estimate of drug-likeness (QED) is 0.375. The summed E-state index contributed by atoms with van der Waals surface area (Å²) in [6.07, 6.45) is 0. The van der Waals surface area contributed by atoms with Gasteiger partial charge in [0, 0.05) is 0 Å². The van der Waals surface area contributed by atoms with Gasteiger partial charge in [0.2, 0.25) is 0 Å². The molecule has 0 aromatic heterocycles. The first-order valence-electron chi connectivity index (χ1n) is 2.07. The van der Waals surface area contributed by atoms with E-state index in [0.717, 1.165) is 0 Å². The zero-order valence-electron chi connectivity index (χ0n) is 4.40. The number of hydrogen-bond donors (Lipinski definition) is 1. The van der Waals surface area contributed by atoms with E-state index < -0.39 is 9.68 Å². The zero-order valence-corrected chi connectivity index (χ0v) is 5.81. The van der Waals surface area contributed by atoms with E-state index in [0.29, 0.717) is 5.57 Å². The summed E-state index contributed by atoms with van der Waals surface area (Å²) < 4.78 is 0. The maximum Gasteiger partial charge on any atom is 0.173 e. The van der Waals surface area contributed by atoms with Crippen LogP contribution in [0.4, 0.5) is 0 Å². The molecular formula is C4H9NOSi. The van der Waals surface area contributed by atoms with E-state index in [9.17, 15) is 4.79 Å². The van der Waals surface area contributed by atoms with Crippen LogP contribution in [0.1, 0.15) is 6.92 Å². The lowest BCUT2D eigenvalue weighted by Gasteiger charge is -1.87. The molecule has 0 saturated carbocycles. The number of allylic oxidation sites excluding steroid dienone is 1. The van der Waals surface area contributed by atoms with E-state index in [1.54, 1.807) is 6.92 Å². The molecule has 2 nitrogen and oxygen atoms in total. The fraction of sp³-hybridized carbons (Fsp3) is 0.250. The molecule has 3 heteroatoms. The van der Waals surface area contributed by atoms with Crippen LogP contribution in [0.5, 0.6) is 0 Å². The molecule has 0 spiro atoms. The topological polar surface area (TPSA) is 43.1 Å². The summed E-state index contributed by atoms with van der Waals surface area (Å²) in [6.45, 7) is 5.11. The smallest absolute Gasteiger partial charge is 0.173 e. The Balaban J connectivity index is 3.58. The maximum absolute atomic E-state index is 10.3. The SMILES string of the molecule is C=C(C)C(=O)[SiH2]N. The van der Waals surface area contributed by atoms with Gasteiger partial charge in [0.15, 0.2) is 9.68 Å². The zero-order chi connectivity index (χ0) is 5.86. The lowest BCUT2D eigenvalue weighted by Crippen LogP contribution is -2.18. The normalized spacial score (nSPS) is 10.0. The number of carbonyl (C=O) groups is 1. The summed E-state index contributed by atoms with van der Waals surface area (Å²) >= 11 is 0. The van der Waals surface area contributed by atoms with Crippen LogP contribution >= 0.6 is 0 Å². The molecule has 0 aromatic carbocycles. The summed E-state index contributed by atoms with van der Waals surface area (Å²) in [7, 11) is -0.948. The van der Waals surface area contributed by atoms with Crippen molar-refractivity contribution in [2.75, 3.05) is 0 Å². The van der Waals surface area contributed by atoms with Crippen molar-refractivity contribution < 1.29 is 4.79 Å².